The van der Waals surface area contributed by atoms with Gasteiger partial charge >= 0.3 is 0 Å². The highest BCUT2D eigenvalue weighted by Gasteiger charge is 2.18. The van der Waals surface area contributed by atoms with Gasteiger partial charge < -0.3 is 15.5 Å². The average molecular weight is 366 g/mol. The molecule has 2 amide bonds. The quantitative estimate of drug-likeness (QED) is 0.850. The Hall–Kier alpha value is -2.89. The van der Waals surface area contributed by atoms with E-state index in [0.717, 1.165) is 31.4 Å². The summed E-state index contributed by atoms with van der Waals surface area (Å²) in [5, 5.41) is 5.85. The Bertz CT molecular complexity index is 796. The van der Waals surface area contributed by atoms with E-state index in [1.807, 2.05) is 43.3 Å². The summed E-state index contributed by atoms with van der Waals surface area (Å²) in [5.41, 5.74) is 2.23. The first-order valence-corrected chi connectivity index (χ1v) is 9.39. The van der Waals surface area contributed by atoms with Crippen LogP contribution in [0.4, 0.5) is 11.4 Å². The number of benzene rings is 1. The van der Waals surface area contributed by atoms with Crippen molar-refractivity contribution in [2.45, 2.75) is 38.1 Å². The molecule has 1 fully saturated rings. The van der Waals surface area contributed by atoms with Crippen molar-refractivity contribution >= 4 is 23.2 Å². The van der Waals surface area contributed by atoms with Crippen molar-refractivity contribution in [3.05, 3.63) is 53.9 Å². The molecular weight excluding hydrogens is 340 g/mol. The summed E-state index contributed by atoms with van der Waals surface area (Å²) in [7, 11) is 3.92. The van der Waals surface area contributed by atoms with Gasteiger partial charge in [0.25, 0.3) is 11.8 Å². The third-order valence-electron chi connectivity index (χ3n) is 4.80. The Labute approximate surface area is 160 Å². The van der Waals surface area contributed by atoms with E-state index in [2.05, 4.69) is 15.6 Å². The molecule has 6 heteroatoms. The molecule has 0 bridgehead atoms. The molecule has 3 rings (SSSR count). The molecule has 1 aliphatic rings. The number of hydrogen-bond acceptors (Lipinski definition) is 4. The summed E-state index contributed by atoms with van der Waals surface area (Å²) in [5.74, 6) is -0.549. The highest BCUT2D eigenvalue weighted by Crippen LogP contribution is 2.18. The largest absolute Gasteiger partial charge is 0.378 e. The Kier molecular flexibility index (Phi) is 6.06. The Morgan fingerprint density at radius 3 is 2.19 bits per heavy atom. The molecule has 1 aromatic heterocycles. The molecule has 1 aromatic carbocycles. The van der Waals surface area contributed by atoms with E-state index in [1.54, 1.807) is 18.2 Å². The Morgan fingerprint density at radius 1 is 0.926 bits per heavy atom. The van der Waals surface area contributed by atoms with Crippen LogP contribution in [0.3, 0.4) is 0 Å². The maximum atomic E-state index is 12.5. The van der Waals surface area contributed by atoms with Gasteiger partial charge in [-0.15, -0.1) is 0 Å². The Morgan fingerprint density at radius 2 is 1.56 bits per heavy atom. The zero-order chi connectivity index (χ0) is 19.2. The van der Waals surface area contributed by atoms with Gasteiger partial charge in [0.2, 0.25) is 0 Å². The van der Waals surface area contributed by atoms with Gasteiger partial charge in [0.05, 0.1) is 0 Å². The highest BCUT2D eigenvalue weighted by atomic mass is 16.2. The van der Waals surface area contributed by atoms with Crippen molar-refractivity contribution in [1.82, 2.24) is 10.3 Å². The number of rotatable bonds is 5. The fraction of sp³-hybridized carbons (Fsp3) is 0.381. The number of nitrogens with zero attached hydrogens (tertiary/aromatic N) is 2. The smallest absolute Gasteiger partial charge is 0.274 e. The second-order valence-electron chi connectivity index (χ2n) is 7.11. The summed E-state index contributed by atoms with van der Waals surface area (Å²) >= 11 is 0. The fourth-order valence-corrected chi connectivity index (χ4v) is 3.23. The van der Waals surface area contributed by atoms with Crippen molar-refractivity contribution < 1.29 is 9.59 Å². The van der Waals surface area contributed by atoms with Gasteiger partial charge in [-0.25, -0.2) is 4.98 Å². The van der Waals surface area contributed by atoms with Crippen molar-refractivity contribution in [3.8, 4) is 0 Å². The lowest BCUT2D eigenvalue weighted by Crippen LogP contribution is -2.36. The predicted molar refractivity (Wildman–Crippen MR) is 107 cm³/mol. The minimum Gasteiger partial charge on any atom is -0.378 e. The van der Waals surface area contributed by atoms with Gasteiger partial charge in [0.1, 0.15) is 11.4 Å². The lowest BCUT2D eigenvalue weighted by atomic mass is 9.95. The summed E-state index contributed by atoms with van der Waals surface area (Å²) in [4.78, 5) is 31.2. The first kappa shape index (κ1) is 18.9. The molecule has 1 saturated carbocycles. The van der Waals surface area contributed by atoms with Gasteiger partial charge in [-0.2, -0.15) is 0 Å². The molecule has 2 N–H and O–H groups in total. The minimum absolute atomic E-state index is 0.209. The first-order valence-electron chi connectivity index (χ1n) is 9.39. The van der Waals surface area contributed by atoms with Gasteiger partial charge in [-0.1, -0.05) is 25.3 Å². The molecule has 0 saturated heterocycles. The first-order chi connectivity index (χ1) is 13.0. The van der Waals surface area contributed by atoms with Gasteiger partial charge in [-0.05, 0) is 49.2 Å². The SMILES string of the molecule is CN(C)c1ccc(NC(=O)c2cccc(C(=O)NC3CCCCC3)n2)cc1. The van der Waals surface area contributed by atoms with Gasteiger partial charge in [0.15, 0.2) is 0 Å². The van der Waals surface area contributed by atoms with E-state index < -0.39 is 0 Å². The summed E-state index contributed by atoms with van der Waals surface area (Å²) in [6, 6.07) is 12.7. The van der Waals surface area contributed by atoms with Crippen LogP contribution in [-0.4, -0.2) is 36.9 Å². The second-order valence-corrected chi connectivity index (χ2v) is 7.11. The molecule has 0 aliphatic heterocycles. The number of hydrogen-bond donors (Lipinski definition) is 2. The molecule has 1 heterocycles. The molecule has 0 atom stereocenters. The van der Waals surface area contributed by atoms with Crippen LogP contribution in [0.5, 0.6) is 0 Å². The molecule has 6 nitrogen and oxygen atoms in total. The zero-order valence-electron chi connectivity index (χ0n) is 15.9. The number of pyridine rings is 1. The molecular formula is C21H26N4O2. The molecule has 142 valence electrons. The molecule has 0 spiro atoms. The van der Waals surface area contributed by atoms with E-state index in [4.69, 9.17) is 0 Å². The molecule has 2 aromatic rings. The third kappa shape index (κ3) is 5.06. The standard InChI is InChI=1S/C21H26N4O2/c1-25(2)17-13-11-16(12-14-17)23-21(27)19-10-6-9-18(24-19)20(26)22-15-7-4-3-5-8-15/h6,9-15H,3-5,7-8H2,1-2H3,(H,22,26)(H,23,27). The normalized spacial score (nSPS) is 14.4. The summed E-state index contributed by atoms with van der Waals surface area (Å²) < 4.78 is 0. The van der Waals surface area contributed by atoms with E-state index in [1.165, 1.54) is 6.42 Å². The molecule has 0 unspecified atom stereocenters. The number of carbonyl (C=O) groups is 2. The van der Waals surface area contributed by atoms with Crippen LogP contribution >= 0.6 is 0 Å². The third-order valence-corrected chi connectivity index (χ3v) is 4.80. The fourth-order valence-electron chi connectivity index (χ4n) is 3.23. The van der Waals surface area contributed by atoms with Crippen LogP contribution in [0.2, 0.25) is 0 Å². The Balaban J connectivity index is 1.65. The number of carbonyl (C=O) groups excluding carboxylic acids is 2. The number of nitrogens with one attached hydrogen (secondary N) is 2. The summed E-state index contributed by atoms with van der Waals surface area (Å²) in [6.07, 6.45) is 5.54. The average Bonchev–Trinajstić information content (AvgIpc) is 2.69. The number of aromatic nitrogens is 1. The van der Waals surface area contributed by atoms with Crippen molar-refractivity contribution in [1.29, 1.82) is 0 Å². The summed E-state index contributed by atoms with van der Waals surface area (Å²) in [6.45, 7) is 0. The lowest BCUT2D eigenvalue weighted by Gasteiger charge is -2.22. The van der Waals surface area contributed by atoms with Crippen LogP contribution in [-0.2, 0) is 0 Å². The van der Waals surface area contributed by atoms with E-state index in [9.17, 15) is 9.59 Å². The van der Waals surface area contributed by atoms with Crippen molar-refractivity contribution in [2.75, 3.05) is 24.3 Å². The molecule has 0 radical (unpaired) electrons. The topological polar surface area (TPSA) is 74.3 Å². The van der Waals surface area contributed by atoms with Crippen molar-refractivity contribution in [3.63, 3.8) is 0 Å². The minimum atomic E-state index is -0.333. The lowest BCUT2D eigenvalue weighted by molar-refractivity contribution is 0.0922. The van der Waals surface area contributed by atoms with Crippen LogP contribution in [0.15, 0.2) is 42.5 Å². The van der Waals surface area contributed by atoms with Crippen molar-refractivity contribution in [2.24, 2.45) is 0 Å². The zero-order valence-corrected chi connectivity index (χ0v) is 15.9. The second kappa shape index (κ2) is 8.66. The van der Waals surface area contributed by atoms with Crippen LogP contribution in [0.1, 0.15) is 53.1 Å². The molecule has 1 aliphatic carbocycles. The van der Waals surface area contributed by atoms with Gasteiger partial charge in [-0.3, -0.25) is 9.59 Å². The van der Waals surface area contributed by atoms with Crippen LogP contribution in [0, 0.1) is 0 Å². The monoisotopic (exact) mass is 366 g/mol. The number of amides is 2. The molecule has 27 heavy (non-hydrogen) atoms. The predicted octanol–water partition coefficient (Wildman–Crippen LogP) is 3.46. The van der Waals surface area contributed by atoms with Crippen LogP contribution in [0.25, 0.3) is 0 Å². The number of anilines is 2. The van der Waals surface area contributed by atoms with Gasteiger partial charge in [0, 0.05) is 31.5 Å². The van der Waals surface area contributed by atoms with E-state index in [-0.39, 0.29) is 29.2 Å². The maximum Gasteiger partial charge on any atom is 0.274 e. The van der Waals surface area contributed by atoms with E-state index >= 15 is 0 Å². The maximum absolute atomic E-state index is 12.5. The highest BCUT2D eigenvalue weighted by molar-refractivity contribution is 6.03. The van der Waals surface area contributed by atoms with E-state index in [0.29, 0.717) is 5.69 Å². The van der Waals surface area contributed by atoms with Crippen LogP contribution < -0.4 is 15.5 Å².